The van der Waals surface area contributed by atoms with Gasteiger partial charge in [-0.15, -0.1) is 11.3 Å². The topological polar surface area (TPSA) is 24.1 Å². The minimum Gasteiger partial charge on any atom is -0.313 e. The lowest BCUT2D eigenvalue weighted by Gasteiger charge is -2.16. The molecular formula is C12H21ClN2S. The van der Waals surface area contributed by atoms with Gasteiger partial charge < -0.3 is 10.6 Å². The first-order valence-corrected chi connectivity index (χ1v) is 6.95. The van der Waals surface area contributed by atoms with Crippen LogP contribution in [0.2, 0.25) is 5.02 Å². The van der Waals surface area contributed by atoms with E-state index in [4.69, 9.17) is 11.6 Å². The largest absolute Gasteiger partial charge is 0.313 e. The average Bonchev–Trinajstić information content (AvgIpc) is 2.54. The van der Waals surface area contributed by atoms with Crippen molar-refractivity contribution in [1.82, 2.24) is 10.6 Å². The van der Waals surface area contributed by atoms with Crippen LogP contribution in [-0.4, -0.2) is 18.6 Å². The van der Waals surface area contributed by atoms with E-state index in [1.807, 2.05) is 6.92 Å². The summed E-state index contributed by atoms with van der Waals surface area (Å²) in [5, 5.41) is 9.91. The Morgan fingerprint density at radius 1 is 1.31 bits per heavy atom. The summed E-state index contributed by atoms with van der Waals surface area (Å²) in [5.74, 6) is 0. The van der Waals surface area contributed by atoms with Crippen molar-refractivity contribution in [3.8, 4) is 0 Å². The van der Waals surface area contributed by atoms with E-state index in [9.17, 15) is 0 Å². The Bertz CT molecular complexity index is 323. The van der Waals surface area contributed by atoms with Crippen molar-refractivity contribution in [2.45, 2.75) is 46.3 Å². The van der Waals surface area contributed by atoms with Crippen LogP contribution in [0.25, 0.3) is 0 Å². The fourth-order valence-corrected chi connectivity index (χ4v) is 2.54. The van der Waals surface area contributed by atoms with E-state index in [1.54, 1.807) is 11.3 Å². The molecule has 0 aliphatic rings. The molecule has 1 heterocycles. The summed E-state index contributed by atoms with van der Waals surface area (Å²) in [4.78, 5) is 1.23. The number of nitrogens with one attached hydrogen (secondary N) is 2. The zero-order chi connectivity index (χ0) is 12.1. The van der Waals surface area contributed by atoms with Gasteiger partial charge in [-0.3, -0.25) is 0 Å². The lowest BCUT2D eigenvalue weighted by molar-refractivity contribution is 0.475. The normalized spacial score (nSPS) is 13.4. The molecule has 0 radical (unpaired) electrons. The molecule has 1 aromatic heterocycles. The van der Waals surface area contributed by atoms with Crippen LogP contribution < -0.4 is 10.6 Å². The molecule has 0 bridgehead atoms. The zero-order valence-corrected chi connectivity index (χ0v) is 12.0. The van der Waals surface area contributed by atoms with Gasteiger partial charge in [0, 0.05) is 30.1 Å². The summed E-state index contributed by atoms with van der Waals surface area (Å²) < 4.78 is 0. The van der Waals surface area contributed by atoms with Gasteiger partial charge in [0.2, 0.25) is 0 Å². The number of thiophene rings is 1. The highest BCUT2D eigenvalue weighted by molar-refractivity contribution is 7.10. The second-order valence-corrected chi connectivity index (χ2v) is 5.84. The minimum absolute atomic E-state index is 0.459. The molecule has 16 heavy (non-hydrogen) atoms. The van der Waals surface area contributed by atoms with E-state index in [2.05, 4.69) is 36.8 Å². The van der Waals surface area contributed by atoms with Crippen molar-refractivity contribution < 1.29 is 0 Å². The predicted molar refractivity (Wildman–Crippen MR) is 73.5 cm³/mol. The molecule has 0 aromatic carbocycles. The van der Waals surface area contributed by atoms with Gasteiger partial charge in [0.25, 0.3) is 0 Å². The van der Waals surface area contributed by atoms with Crippen molar-refractivity contribution in [2.75, 3.05) is 6.54 Å². The van der Waals surface area contributed by atoms with E-state index in [0.29, 0.717) is 12.1 Å². The molecule has 1 atom stereocenters. The fourth-order valence-electron chi connectivity index (χ4n) is 1.35. The third-order valence-corrected chi connectivity index (χ3v) is 4.16. The molecule has 2 nitrogen and oxygen atoms in total. The molecule has 2 N–H and O–H groups in total. The Kier molecular flexibility index (Phi) is 5.76. The van der Waals surface area contributed by atoms with Crippen LogP contribution in [0.15, 0.2) is 5.38 Å². The second kappa shape index (κ2) is 6.60. The van der Waals surface area contributed by atoms with E-state index in [1.165, 1.54) is 10.4 Å². The first-order valence-electron chi connectivity index (χ1n) is 5.70. The Labute approximate surface area is 107 Å². The molecule has 0 saturated heterocycles. The second-order valence-electron chi connectivity index (χ2n) is 4.50. The highest BCUT2D eigenvalue weighted by Crippen LogP contribution is 2.26. The van der Waals surface area contributed by atoms with E-state index < -0.39 is 0 Å². The van der Waals surface area contributed by atoms with Crippen molar-refractivity contribution in [2.24, 2.45) is 0 Å². The van der Waals surface area contributed by atoms with Crippen LogP contribution in [-0.2, 0) is 6.54 Å². The Morgan fingerprint density at radius 2 is 2.00 bits per heavy atom. The molecule has 0 saturated carbocycles. The third kappa shape index (κ3) is 4.42. The minimum atomic E-state index is 0.459. The molecule has 0 aliphatic carbocycles. The zero-order valence-electron chi connectivity index (χ0n) is 10.4. The standard InChI is InChI=1S/C12H21ClN2S/c1-8(2)14-5-10(4)15-6-11-12(13)9(3)7-16-11/h7-8,10,14-15H,5-6H2,1-4H3. The van der Waals surface area contributed by atoms with Gasteiger partial charge in [0.15, 0.2) is 0 Å². The summed E-state index contributed by atoms with van der Waals surface area (Å²) in [5.41, 5.74) is 1.18. The Balaban J connectivity index is 2.31. The van der Waals surface area contributed by atoms with Crippen LogP contribution in [0, 0.1) is 6.92 Å². The van der Waals surface area contributed by atoms with E-state index in [0.717, 1.165) is 18.1 Å². The van der Waals surface area contributed by atoms with Gasteiger partial charge in [0.05, 0.1) is 5.02 Å². The number of aryl methyl sites for hydroxylation is 1. The van der Waals surface area contributed by atoms with E-state index in [-0.39, 0.29) is 0 Å². The monoisotopic (exact) mass is 260 g/mol. The van der Waals surface area contributed by atoms with Gasteiger partial charge in [-0.2, -0.15) is 0 Å². The SMILES string of the molecule is Cc1csc(CNC(C)CNC(C)C)c1Cl. The smallest absolute Gasteiger partial charge is 0.0587 e. The average molecular weight is 261 g/mol. The summed E-state index contributed by atoms with van der Waals surface area (Å²) in [7, 11) is 0. The van der Waals surface area contributed by atoms with Gasteiger partial charge in [-0.1, -0.05) is 25.4 Å². The molecule has 0 amide bonds. The van der Waals surface area contributed by atoms with Crippen molar-refractivity contribution in [3.63, 3.8) is 0 Å². The molecule has 92 valence electrons. The number of hydrogen-bond donors (Lipinski definition) is 2. The third-order valence-electron chi connectivity index (χ3n) is 2.41. The highest BCUT2D eigenvalue weighted by atomic mass is 35.5. The van der Waals surface area contributed by atoms with Gasteiger partial charge in [-0.25, -0.2) is 0 Å². The predicted octanol–water partition coefficient (Wildman–Crippen LogP) is 3.19. The maximum Gasteiger partial charge on any atom is 0.0587 e. The molecule has 1 unspecified atom stereocenters. The first-order chi connectivity index (χ1) is 7.50. The number of halogens is 1. The van der Waals surface area contributed by atoms with Crippen molar-refractivity contribution in [3.05, 3.63) is 20.8 Å². The quantitative estimate of drug-likeness (QED) is 0.821. The van der Waals surface area contributed by atoms with Crippen molar-refractivity contribution in [1.29, 1.82) is 0 Å². The Hall–Kier alpha value is -0.0900. The fraction of sp³-hybridized carbons (Fsp3) is 0.667. The van der Waals surface area contributed by atoms with Gasteiger partial charge >= 0.3 is 0 Å². The van der Waals surface area contributed by atoms with Crippen LogP contribution in [0.5, 0.6) is 0 Å². The van der Waals surface area contributed by atoms with Crippen LogP contribution in [0.3, 0.4) is 0 Å². The molecule has 1 aromatic rings. The van der Waals surface area contributed by atoms with Crippen LogP contribution in [0.4, 0.5) is 0 Å². The van der Waals surface area contributed by atoms with Gasteiger partial charge in [0.1, 0.15) is 0 Å². The van der Waals surface area contributed by atoms with Gasteiger partial charge in [-0.05, 0) is 24.8 Å². The lowest BCUT2D eigenvalue weighted by Crippen LogP contribution is -2.38. The molecule has 0 spiro atoms. The van der Waals surface area contributed by atoms with Crippen LogP contribution >= 0.6 is 22.9 Å². The maximum atomic E-state index is 6.17. The van der Waals surface area contributed by atoms with Crippen LogP contribution in [0.1, 0.15) is 31.2 Å². The number of rotatable bonds is 6. The Morgan fingerprint density at radius 3 is 2.50 bits per heavy atom. The molecule has 1 rings (SSSR count). The number of hydrogen-bond acceptors (Lipinski definition) is 3. The molecule has 0 fully saturated rings. The summed E-state index contributed by atoms with van der Waals surface area (Å²) in [6, 6.07) is 0.998. The maximum absolute atomic E-state index is 6.17. The molecule has 0 aliphatic heterocycles. The first kappa shape index (κ1) is 14.0. The van der Waals surface area contributed by atoms with Crippen molar-refractivity contribution >= 4 is 22.9 Å². The highest BCUT2D eigenvalue weighted by Gasteiger charge is 2.08. The lowest BCUT2D eigenvalue weighted by atomic mass is 10.3. The van der Waals surface area contributed by atoms with E-state index >= 15 is 0 Å². The molecule has 4 heteroatoms. The summed E-state index contributed by atoms with van der Waals surface area (Å²) >= 11 is 7.90. The summed E-state index contributed by atoms with van der Waals surface area (Å²) in [6.45, 7) is 10.4. The molecular weight excluding hydrogens is 240 g/mol. The summed E-state index contributed by atoms with van der Waals surface area (Å²) in [6.07, 6.45) is 0.